The summed E-state index contributed by atoms with van der Waals surface area (Å²) in [5.41, 5.74) is 2.45. The summed E-state index contributed by atoms with van der Waals surface area (Å²) in [4.78, 5) is 0. The van der Waals surface area contributed by atoms with Crippen LogP contribution in [0.1, 0.15) is 33.0 Å². The highest BCUT2D eigenvalue weighted by atomic mass is 79.9. The normalized spacial score (nSPS) is 14.0. The van der Waals surface area contributed by atoms with E-state index >= 15 is 0 Å². The van der Waals surface area contributed by atoms with Crippen LogP contribution in [0.25, 0.3) is 11.3 Å². The van der Waals surface area contributed by atoms with E-state index in [-0.39, 0.29) is 22.5 Å². The van der Waals surface area contributed by atoms with Crippen molar-refractivity contribution in [2.45, 2.75) is 45.7 Å². The van der Waals surface area contributed by atoms with Gasteiger partial charge in [0.2, 0.25) is 0 Å². The molecule has 0 N–H and O–H groups in total. The van der Waals surface area contributed by atoms with Gasteiger partial charge in [0.1, 0.15) is 11.7 Å². The van der Waals surface area contributed by atoms with E-state index in [1.54, 1.807) is 0 Å². The Hall–Kier alpha value is -0.510. The summed E-state index contributed by atoms with van der Waals surface area (Å²) in [6, 6.07) is 5.87. The molecule has 5 heteroatoms. The lowest BCUT2D eigenvalue weighted by atomic mass is 10.1. The molecular weight excluding hydrogens is 371 g/mol. The molecule has 0 atom stereocenters. The number of imidazole rings is 1. The molecule has 0 saturated carbocycles. The third-order valence-corrected chi connectivity index (χ3v) is 4.59. The van der Waals surface area contributed by atoms with Gasteiger partial charge in [0.05, 0.1) is 23.0 Å². The lowest BCUT2D eigenvalue weighted by Gasteiger charge is -2.15. The summed E-state index contributed by atoms with van der Waals surface area (Å²) in [6.07, 6.45) is 4.59. The molecule has 0 fully saturated rings. The fourth-order valence-electron chi connectivity index (χ4n) is 2.90. The highest BCUT2D eigenvalue weighted by Crippen LogP contribution is 2.31. The molecule has 2 aromatic rings. The molecule has 0 radical (unpaired) electrons. The van der Waals surface area contributed by atoms with E-state index in [2.05, 4.69) is 36.1 Å². The van der Waals surface area contributed by atoms with Gasteiger partial charge in [-0.05, 0) is 45.4 Å². The molecule has 1 aliphatic rings. The first-order valence-electron chi connectivity index (χ1n) is 6.98. The van der Waals surface area contributed by atoms with Crippen LogP contribution in [0.5, 0.6) is 0 Å². The summed E-state index contributed by atoms with van der Waals surface area (Å²) in [5.74, 6) is 1.40. The van der Waals surface area contributed by atoms with E-state index in [1.165, 1.54) is 17.9 Å². The van der Waals surface area contributed by atoms with Crippen molar-refractivity contribution in [2.75, 3.05) is 0 Å². The summed E-state index contributed by atoms with van der Waals surface area (Å²) in [6.45, 7) is 7.80. The minimum atomic E-state index is 0. The fraction of sp³-hybridized carbons (Fsp3) is 0.438. The van der Waals surface area contributed by atoms with Crippen LogP contribution in [0.3, 0.4) is 0 Å². The molecule has 2 heterocycles. The van der Waals surface area contributed by atoms with Gasteiger partial charge in [-0.15, -0.1) is 0 Å². The number of hydrogen-bond donors (Lipinski definition) is 0. The number of rotatable bonds is 1. The van der Waals surface area contributed by atoms with E-state index in [0.29, 0.717) is 10.0 Å². The number of fused-ring (bicyclic) bond motifs is 1. The maximum Gasteiger partial charge on any atom is 0.257 e. The molecule has 0 amide bonds. The number of aromatic nitrogens is 2. The highest BCUT2D eigenvalue weighted by molar-refractivity contribution is 6.42. The van der Waals surface area contributed by atoms with Crippen molar-refractivity contribution in [1.82, 2.24) is 4.57 Å². The molecule has 0 spiro atoms. The average Bonchev–Trinajstić information content (AvgIpc) is 2.92. The van der Waals surface area contributed by atoms with Crippen LogP contribution < -0.4 is 21.5 Å². The molecular formula is C16H19BrCl2N2. The van der Waals surface area contributed by atoms with Crippen molar-refractivity contribution in [1.29, 1.82) is 0 Å². The van der Waals surface area contributed by atoms with E-state index in [0.717, 1.165) is 18.5 Å². The number of benzene rings is 1. The standard InChI is InChI=1S/C16H19Cl2N2.BrH/c1-16(2,3)20-10-14(19-8-4-5-15(19)20)11-6-7-12(17)13(18)9-11;/h6-7,9-10H,4-5,8H2,1-3H3;1H/q+1;/p-1. The topological polar surface area (TPSA) is 8.81 Å². The lowest BCUT2D eigenvalue weighted by Crippen LogP contribution is -3.00. The number of hydrogen-bond acceptors (Lipinski definition) is 0. The Balaban J connectivity index is 0.00000161. The van der Waals surface area contributed by atoms with E-state index in [1.807, 2.05) is 18.2 Å². The van der Waals surface area contributed by atoms with Gasteiger partial charge in [-0.3, -0.25) is 0 Å². The maximum absolute atomic E-state index is 6.16. The minimum absolute atomic E-state index is 0. The molecule has 3 rings (SSSR count). The zero-order valence-corrected chi connectivity index (χ0v) is 15.6. The Labute approximate surface area is 146 Å². The van der Waals surface area contributed by atoms with Crippen LogP contribution >= 0.6 is 23.2 Å². The molecule has 0 bridgehead atoms. The van der Waals surface area contributed by atoms with Crippen molar-refractivity contribution in [3.8, 4) is 11.3 Å². The Morgan fingerprint density at radius 1 is 1.14 bits per heavy atom. The van der Waals surface area contributed by atoms with Gasteiger partial charge in [-0.2, -0.15) is 0 Å². The SMILES string of the molecule is CC(C)(C)[n+]1cc(-c2ccc(Cl)c(Cl)c2)n2c1CCC2.[Br-]. The second-order valence-electron chi connectivity index (χ2n) is 6.36. The molecule has 1 aliphatic heterocycles. The minimum Gasteiger partial charge on any atom is -1.00 e. The molecule has 21 heavy (non-hydrogen) atoms. The number of nitrogens with zero attached hydrogens (tertiary/aromatic N) is 2. The van der Waals surface area contributed by atoms with Crippen LogP contribution in [0.2, 0.25) is 10.0 Å². The summed E-state index contributed by atoms with van der Waals surface area (Å²) in [5, 5.41) is 1.22. The van der Waals surface area contributed by atoms with Gasteiger partial charge in [-0.25, -0.2) is 9.13 Å². The maximum atomic E-state index is 6.16. The van der Waals surface area contributed by atoms with Crippen LogP contribution in [0, 0.1) is 0 Å². The van der Waals surface area contributed by atoms with E-state index in [9.17, 15) is 0 Å². The molecule has 0 unspecified atom stereocenters. The summed E-state index contributed by atoms with van der Waals surface area (Å²) >= 11 is 12.2. The smallest absolute Gasteiger partial charge is 0.257 e. The molecule has 1 aromatic carbocycles. The van der Waals surface area contributed by atoms with Gasteiger partial charge < -0.3 is 17.0 Å². The third kappa shape index (κ3) is 3.01. The van der Waals surface area contributed by atoms with E-state index < -0.39 is 0 Å². The third-order valence-electron chi connectivity index (χ3n) is 3.85. The Kier molecular flexibility index (Phi) is 4.77. The summed E-state index contributed by atoms with van der Waals surface area (Å²) < 4.78 is 4.79. The first kappa shape index (κ1) is 16.9. The Morgan fingerprint density at radius 2 is 1.86 bits per heavy atom. The van der Waals surface area contributed by atoms with Crippen molar-refractivity contribution >= 4 is 23.2 Å². The van der Waals surface area contributed by atoms with Crippen LogP contribution in [0.15, 0.2) is 24.4 Å². The monoisotopic (exact) mass is 388 g/mol. The Morgan fingerprint density at radius 3 is 2.48 bits per heavy atom. The molecule has 2 nitrogen and oxygen atoms in total. The van der Waals surface area contributed by atoms with Gasteiger partial charge in [-0.1, -0.05) is 23.2 Å². The molecule has 114 valence electrons. The highest BCUT2D eigenvalue weighted by Gasteiger charge is 2.33. The predicted molar refractivity (Wildman–Crippen MR) is 83.4 cm³/mol. The van der Waals surface area contributed by atoms with Crippen LogP contribution in [-0.4, -0.2) is 4.57 Å². The largest absolute Gasteiger partial charge is 1.00 e. The van der Waals surface area contributed by atoms with Crippen molar-refractivity contribution in [3.63, 3.8) is 0 Å². The molecule has 0 saturated heterocycles. The first-order valence-corrected chi connectivity index (χ1v) is 7.73. The van der Waals surface area contributed by atoms with Gasteiger partial charge in [0.15, 0.2) is 5.69 Å². The molecule has 1 aromatic heterocycles. The van der Waals surface area contributed by atoms with Crippen LogP contribution in [0.4, 0.5) is 0 Å². The Bertz CT molecular complexity index is 672. The second kappa shape index (κ2) is 5.94. The average molecular weight is 390 g/mol. The zero-order chi connectivity index (χ0) is 14.5. The summed E-state index contributed by atoms with van der Waals surface area (Å²) in [7, 11) is 0. The van der Waals surface area contributed by atoms with Gasteiger partial charge in [0.25, 0.3) is 5.82 Å². The number of halogens is 3. The van der Waals surface area contributed by atoms with Gasteiger partial charge in [0, 0.05) is 5.56 Å². The van der Waals surface area contributed by atoms with Gasteiger partial charge >= 0.3 is 0 Å². The van der Waals surface area contributed by atoms with Crippen molar-refractivity contribution < 1.29 is 21.5 Å². The lowest BCUT2D eigenvalue weighted by molar-refractivity contribution is -0.759. The zero-order valence-electron chi connectivity index (χ0n) is 12.5. The van der Waals surface area contributed by atoms with Crippen molar-refractivity contribution in [3.05, 3.63) is 40.3 Å². The first-order chi connectivity index (χ1) is 9.38. The molecule has 0 aliphatic carbocycles. The fourth-order valence-corrected chi connectivity index (χ4v) is 3.20. The predicted octanol–water partition coefficient (Wildman–Crippen LogP) is 1.45. The van der Waals surface area contributed by atoms with Crippen LogP contribution in [-0.2, 0) is 18.5 Å². The quantitative estimate of drug-likeness (QED) is 0.653. The van der Waals surface area contributed by atoms with E-state index in [4.69, 9.17) is 23.2 Å². The van der Waals surface area contributed by atoms with Crippen molar-refractivity contribution in [2.24, 2.45) is 0 Å². The second-order valence-corrected chi connectivity index (χ2v) is 7.17.